The number of benzene rings is 2. The molecule has 162 valence electrons. The number of rotatable bonds is 6. The first-order valence-electron chi connectivity index (χ1n) is 10.8. The summed E-state index contributed by atoms with van der Waals surface area (Å²) in [6.45, 7) is 5.30. The summed E-state index contributed by atoms with van der Waals surface area (Å²) in [5, 5.41) is 10.2. The van der Waals surface area contributed by atoms with Gasteiger partial charge in [-0.3, -0.25) is 9.59 Å². The standard InChI is InChI=1S/C25H28N2O4/c1-17(2)31-21-9-7-18(8-10-21)25(30)26-13-11-20(12-14-26)27-16-19(15-24(28)29)22-5-3-4-6-23(22)27/h3-10,16-17,20H,11-15H2,1-2H3,(H,28,29). The SMILES string of the molecule is CC(C)Oc1ccc(C(=O)N2CCC(n3cc(CC(=O)O)c4ccccc43)CC2)cc1. The van der Waals surface area contributed by atoms with Gasteiger partial charge in [0, 0.05) is 41.8 Å². The Morgan fingerprint density at radius 3 is 2.39 bits per heavy atom. The molecule has 1 saturated heterocycles. The molecule has 0 radical (unpaired) electrons. The Bertz CT molecular complexity index is 1080. The summed E-state index contributed by atoms with van der Waals surface area (Å²) < 4.78 is 7.86. The molecule has 0 unspecified atom stereocenters. The molecule has 1 aromatic heterocycles. The quantitative estimate of drug-likeness (QED) is 0.636. The lowest BCUT2D eigenvalue weighted by Gasteiger charge is -2.33. The predicted octanol–water partition coefficient (Wildman–Crippen LogP) is 4.53. The van der Waals surface area contributed by atoms with Gasteiger partial charge < -0.3 is 19.3 Å². The second kappa shape index (κ2) is 8.84. The van der Waals surface area contributed by atoms with Crippen molar-refractivity contribution in [3.63, 3.8) is 0 Å². The number of ether oxygens (including phenoxy) is 1. The van der Waals surface area contributed by atoms with Gasteiger partial charge >= 0.3 is 5.97 Å². The van der Waals surface area contributed by atoms with E-state index in [0.29, 0.717) is 18.7 Å². The van der Waals surface area contributed by atoms with E-state index in [1.807, 2.05) is 73.5 Å². The normalized spacial score (nSPS) is 14.9. The second-order valence-corrected chi connectivity index (χ2v) is 8.36. The summed E-state index contributed by atoms with van der Waals surface area (Å²) in [5.74, 6) is -0.0199. The molecule has 1 aliphatic rings. The number of hydrogen-bond donors (Lipinski definition) is 1. The topological polar surface area (TPSA) is 71.8 Å². The Hall–Kier alpha value is -3.28. The number of para-hydroxylation sites is 1. The Labute approximate surface area is 182 Å². The van der Waals surface area contributed by atoms with Crippen LogP contribution in [0.4, 0.5) is 0 Å². The number of likely N-dealkylation sites (tertiary alicyclic amines) is 1. The first-order chi connectivity index (χ1) is 14.9. The molecule has 31 heavy (non-hydrogen) atoms. The van der Waals surface area contributed by atoms with E-state index < -0.39 is 5.97 Å². The molecule has 6 heteroatoms. The van der Waals surface area contributed by atoms with Gasteiger partial charge in [0.1, 0.15) is 5.75 Å². The molecule has 3 aromatic rings. The van der Waals surface area contributed by atoms with Crippen LogP contribution in [0.25, 0.3) is 10.9 Å². The fourth-order valence-corrected chi connectivity index (χ4v) is 4.36. The van der Waals surface area contributed by atoms with Gasteiger partial charge in [-0.15, -0.1) is 0 Å². The summed E-state index contributed by atoms with van der Waals surface area (Å²) in [6.07, 6.45) is 3.77. The molecule has 0 bridgehead atoms. The van der Waals surface area contributed by atoms with Crippen LogP contribution in [0.2, 0.25) is 0 Å². The van der Waals surface area contributed by atoms with Gasteiger partial charge in [0.15, 0.2) is 0 Å². The van der Waals surface area contributed by atoms with E-state index >= 15 is 0 Å². The highest BCUT2D eigenvalue weighted by Crippen LogP contribution is 2.31. The third-order valence-electron chi connectivity index (χ3n) is 5.78. The van der Waals surface area contributed by atoms with Gasteiger partial charge in [0.2, 0.25) is 0 Å². The Morgan fingerprint density at radius 1 is 1.06 bits per heavy atom. The number of hydrogen-bond acceptors (Lipinski definition) is 3. The lowest BCUT2D eigenvalue weighted by atomic mass is 10.0. The molecule has 0 aliphatic carbocycles. The zero-order valence-electron chi connectivity index (χ0n) is 18.0. The van der Waals surface area contributed by atoms with Crippen LogP contribution < -0.4 is 4.74 Å². The average molecular weight is 421 g/mol. The van der Waals surface area contributed by atoms with Crippen LogP contribution in [-0.2, 0) is 11.2 Å². The van der Waals surface area contributed by atoms with Crippen molar-refractivity contribution in [2.75, 3.05) is 13.1 Å². The minimum atomic E-state index is -0.826. The van der Waals surface area contributed by atoms with Gasteiger partial charge in [0.25, 0.3) is 5.91 Å². The Balaban J connectivity index is 1.45. The monoisotopic (exact) mass is 420 g/mol. The Morgan fingerprint density at radius 2 is 1.74 bits per heavy atom. The van der Waals surface area contributed by atoms with Crippen molar-refractivity contribution in [3.8, 4) is 5.75 Å². The van der Waals surface area contributed by atoms with Crippen molar-refractivity contribution in [3.05, 3.63) is 65.9 Å². The van der Waals surface area contributed by atoms with Gasteiger partial charge in [-0.1, -0.05) is 18.2 Å². The van der Waals surface area contributed by atoms with Crippen LogP contribution >= 0.6 is 0 Å². The average Bonchev–Trinajstić information content (AvgIpc) is 3.11. The molecule has 0 spiro atoms. The summed E-state index contributed by atoms with van der Waals surface area (Å²) in [4.78, 5) is 26.1. The summed E-state index contributed by atoms with van der Waals surface area (Å²) in [7, 11) is 0. The van der Waals surface area contributed by atoms with Gasteiger partial charge in [0.05, 0.1) is 12.5 Å². The van der Waals surface area contributed by atoms with Crippen LogP contribution in [0.5, 0.6) is 5.75 Å². The lowest BCUT2D eigenvalue weighted by molar-refractivity contribution is -0.136. The maximum Gasteiger partial charge on any atom is 0.307 e. The van der Waals surface area contributed by atoms with Crippen LogP contribution in [0.3, 0.4) is 0 Å². The number of nitrogens with zero attached hydrogens (tertiary/aromatic N) is 2. The van der Waals surface area contributed by atoms with Crippen LogP contribution in [0.1, 0.15) is 48.7 Å². The van der Waals surface area contributed by atoms with Crippen molar-refractivity contribution in [2.45, 2.75) is 45.3 Å². The van der Waals surface area contributed by atoms with Gasteiger partial charge in [-0.05, 0) is 62.6 Å². The second-order valence-electron chi connectivity index (χ2n) is 8.36. The van der Waals surface area contributed by atoms with Crippen molar-refractivity contribution < 1.29 is 19.4 Å². The van der Waals surface area contributed by atoms with E-state index in [9.17, 15) is 14.7 Å². The van der Waals surface area contributed by atoms with E-state index in [2.05, 4.69) is 4.57 Å². The first kappa shape index (κ1) is 21.0. The lowest BCUT2D eigenvalue weighted by Crippen LogP contribution is -2.39. The van der Waals surface area contributed by atoms with Gasteiger partial charge in [-0.25, -0.2) is 0 Å². The van der Waals surface area contributed by atoms with Crippen LogP contribution in [-0.4, -0.2) is 45.6 Å². The molecule has 0 saturated carbocycles. The van der Waals surface area contributed by atoms with E-state index in [4.69, 9.17) is 4.74 Å². The number of aliphatic carboxylic acids is 1. The summed E-state index contributed by atoms with van der Waals surface area (Å²) >= 11 is 0. The molecule has 6 nitrogen and oxygen atoms in total. The molecule has 4 rings (SSSR count). The molecule has 2 heterocycles. The number of aromatic nitrogens is 1. The van der Waals surface area contributed by atoms with Gasteiger partial charge in [-0.2, -0.15) is 0 Å². The maximum atomic E-state index is 12.9. The van der Waals surface area contributed by atoms with Crippen LogP contribution in [0, 0.1) is 0 Å². The van der Waals surface area contributed by atoms with E-state index in [-0.39, 0.29) is 24.5 Å². The molecule has 1 aliphatic heterocycles. The fraction of sp³-hybridized carbons (Fsp3) is 0.360. The number of carboxylic acid groups (broad SMARTS) is 1. The zero-order valence-corrected chi connectivity index (χ0v) is 18.0. The largest absolute Gasteiger partial charge is 0.491 e. The predicted molar refractivity (Wildman–Crippen MR) is 120 cm³/mol. The fourth-order valence-electron chi connectivity index (χ4n) is 4.36. The van der Waals surface area contributed by atoms with Crippen LogP contribution in [0.15, 0.2) is 54.7 Å². The first-order valence-corrected chi connectivity index (χ1v) is 10.8. The molecule has 0 atom stereocenters. The minimum absolute atomic E-state index is 0.0152. The van der Waals surface area contributed by atoms with E-state index in [0.717, 1.165) is 35.1 Å². The zero-order chi connectivity index (χ0) is 22.0. The summed E-state index contributed by atoms with van der Waals surface area (Å²) in [5.41, 5.74) is 2.57. The summed E-state index contributed by atoms with van der Waals surface area (Å²) in [6, 6.07) is 15.5. The number of carbonyl (C=O) groups is 2. The number of piperidine rings is 1. The highest BCUT2D eigenvalue weighted by Gasteiger charge is 2.26. The van der Waals surface area contributed by atoms with Crippen molar-refractivity contribution in [2.24, 2.45) is 0 Å². The number of amides is 1. The third-order valence-corrected chi connectivity index (χ3v) is 5.78. The third kappa shape index (κ3) is 4.58. The van der Waals surface area contributed by atoms with Crippen molar-refractivity contribution in [1.29, 1.82) is 0 Å². The molecule has 1 amide bonds. The molecule has 1 N–H and O–H groups in total. The number of carbonyl (C=O) groups excluding carboxylic acids is 1. The molecule has 2 aromatic carbocycles. The van der Waals surface area contributed by atoms with Crippen molar-refractivity contribution in [1.82, 2.24) is 9.47 Å². The minimum Gasteiger partial charge on any atom is -0.491 e. The smallest absolute Gasteiger partial charge is 0.307 e. The molecular formula is C25H28N2O4. The number of carboxylic acids is 1. The van der Waals surface area contributed by atoms with E-state index in [1.54, 1.807) is 0 Å². The Kier molecular flexibility index (Phi) is 5.98. The van der Waals surface area contributed by atoms with E-state index in [1.165, 1.54) is 0 Å². The molecular weight excluding hydrogens is 392 g/mol. The molecule has 1 fully saturated rings. The van der Waals surface area contributed by atoms with Crippen molar-refractivity contribution >= 4 is 22.8 Å². The number of fused-ring (bicyclic) bond motifs is 1. The highest BCUT2D eigenvalue weighted by molar-refractivity contribution is 5.94. The maximum absolute atomic E-state index is 12.9. The highest BCUT2D eigenvalue weighted by atomic mass is 16.5.